The first kappa shape index (κ1) is 16.3. The maximum Gasteiger partial charge on any atom is 0.250 e. The molecule has 0 radical (unpaired) electrons. The highest BCUT2D eigenvalue weighted by Gasteiger charge is 2.24. The van der Waals surface area contributed by atoms with Crippen LogP contribution in [0.2, 0.25) is 0 Å². The van der Waals surface area contributed by atoms with Gasteiger partial charge in [0.15, 0.2) is 17.3 Å². The van der Waals surface area contributed by atoms with Gasteiger partial charge in [-0.25, -0.2) is 9.97 Å². The van der Waals surface area contributed by atoms with E-state index in [0.29, 0.717) is 35.6 Å². The molecule has 132 valence electrons. The first-order valence-corrected chi connectivity index (χ1v) is 8.36. The normalized spacial score (nSPS) is 18.0. The molecule has 1 atom stereocenters. The number of hydrogen-bond acceptors (Lipinski definition) is 6. The molecule has 7 nitrogen and oxygen atoms in total. The smallest absolute Gasteiger partial charge is 0.250 e. The number of hydrogen-bond donors (Lipinski definition) is 1. The van der Waals surface area contributed by atoms with Gasteiger partial charge in [-0.1, -0.05) is 13.0 Å². The molecule has 0 spiro atoms. The molecule has 2 aromatic rings. The van der Waals surface area contributed by atoms with Crippen LogP contribution < -0.4 is 14.8 Å². The summed E-state index contributed by atoms with van der Waals surface area (Å²) in [5.41, 5.74) is 2.06. The molecule has 0 saturated heterocycles. The van der Waals surface area contributed by atoms with E-state index in [4.69, 9.17) is 9.47 Å². The van der Waals surface area contributed by atoms with E-state index in [9.17, 15) is 9.59 Å². The van der Waals surface area contributed by atoms with Crippen LogP contribution in [-0.2, 0) is 11.2 Å². The number of amides is 1. The SMILES string of the molecule is C[C@H]1CC(=O)c2cnc(NC(=O)/C=C/c3ccc4c(c3)OCO4)nc2C1. The van der Waals surface area contributed by atoms with E-state index in [1.54, 1.807) is 18.2 Å². The van der Waals surface area contributed by atoms with E-state index in [1.165, 1.54) is 12.3 Å². The van der Waals surface area contributed by atoms with Crippen molar-refractivity contribution in [2.75, 3.05) is 12.1 Å². The number of ether oxygens (including phenoxy) is 2. The summed E-state index contributed by atoms with van der Waals surface area (Å²) in [6.07, 6.45) is 5.78. The van der Waals surface area contributed by atoms with Crippen LogP contribution in [0, 0.1) is 5.92 Å². The number of fused-ring (bicyclic) bond motifs is 2. The minimum atomic E-state index is -0.349. The molecule has 4 rings (SSSR count). The summed E-state index contributed by atoms with van der Waals surface area (Å²) in [4.78, 5) is 32.5. The minimum Gasteiger partial charge on any atom is -0.454 e. The highest BCUT2D eigenvalue weighted by atomic mass is 16.7. The van der Waals surface area contributed by atoms with Crippen molar-refractivity contribution in [2.24, 2.45) is 5.92 Å². The van der Waals surface area contributed by atoms with Crippen LogP contribution in [0.25, 0.3) is 6.08 Å². The van der Waals surface area contributed by atoms with Crippen molar-refractivity contribution in [3.05, 3.63) is 47.3 Å². The van der Waals surface area contributed by atoms with E-state index in [0.717, 1.165) is 5.56 Å². The number of carbonyl (C=O) groups excluding carboxylic acids is 2. The number of rotatable bonds is 3. The first-order valence-electron chi connectivity index (χ1n) is 8.36. The first-order chi connectivity index (χ1) is 12.6. The Morgan fingerprint density at radius 2 is 2.12 bits per heavy atom. The van der Waals surface area contributed by atoms with E-state index in [1.807, 2.05) is 13.0 Å². The molecule has 26 heavy (non-hydrogen) atoms. The largest absolute Gasteiger partial charge is 0.454 e. The fraction of sp³-hybridized carbons (Fsp3) is 0.263. The summed E-state index contributed by atoms with van der Waals surface area (Å²) in [7, 11) is 0. The molecule has 1 aliphatic carbocycles. The molecule has 0 saturated carbocycles. The Morgan fingerprint density at radius 3 is 3.00 bits per heavy atom. The van der Waals surface area contributed by atoms with Crippen molar-refractivity contribution in [3.8, 4) is 11.5 Å². The fourth-order valence-electron chi connectivity index (χ4n) is 3.04. The zero-order chi connectivity index (χ0) is 18.1. The van der Waals surface area contributed by atoms with Gasteiger partial charge in [0.25, 0.3) is 5.91 Å². The summed E-state index contributed by atoms with van der Waals surface area (Å²) >= 11 is 0. The number of nitrogens with zero attached hydrogens (tertiary/aromatic N) is 2. The van der Waals surface area contributed by atoms with Gasteiger partial charge in [0.2, 0.25) is 12.7 Å². The van der Waals surface area contributed by atoms with Gasteiger partial charge in [-0.3, -0.25) is 14.9 Å². The maximum atomic E-state index is 12.1. The van der Waals surface area contributed by atoms with Crippen molar-refractivity contribution < 1.29 is 19.1 Å². The molecule has 2 aliphatic rings. The lowest BCUT2D eigenvalue weighted by atomic mass is 9.88. The Kier molecular flexibility index (Phi) is 4.12. The average Bonchev–Trinajstić information content (AvgIpc) is 3.07. The van der Waals surface area contributed by atoms with Crippen molar-refractivity contribution >= 4 is 23.7 Å². The number of carbonyl (C=O) groups is 2. The average molecular weight is 351 g/mol. The molecule has 1 N–H and O–H groups in total. The molecule has 1 aromatic carbocycles. The second-order valence-corrected chi connectivity index (χ2v) is 6.43. The molecule has 0 fully saturated rings. The Balaban J connectivity index is 1.45. The van der Waals surface area contributed by atoms with E-state index >= 15 is 0 Å². The van der Waals surface area contributed by atoms with Gasteiger partial charge in [0, 0.05) is 18.7 Å². The molecular formula is C19H17N3O4. The summed E-state index contributed by atoms with van der Waals surface area (Å²) in [6.45, 7) is 2.22. The van der Waals surface area contributed by atoms with E-state index in [2.05, 4.69) is 15.3 Å². The standard InChI is InChI=1S/C19H17N3O4/c1-11-6-14-13(15(23)7-11)9-20-19(21-14)22-18(24)5-3-12-2-4-16-17(8-12)26-10-25-16/h2-5,8-9,11H,6-7,10H2,1H3,(H,20,21,22,24)/b5-3+/t11-/m1/s1. The molecule has 0 bridgehead atoms. The third-order valence-electron chi connectivity index (χ3n) is 4.30. The van der Waals surface area contributed by atoms with Crippen LogP contribution in [-0.4, -0.2) is 28.5 Å². The van der Waals surface area contributed by atoms with Gasteiger partial charge in [0.1, 0.15) is 0 Å². The number of Topliss-reactive ketones (excluding diaryl/α,β-unsaturated/α-hetero) is 1. The lowest BCUT2D eigenvalue weighted by molar-refractivity contribution is -0.111. The van der Waals surface area contributed by atoms with Crippen LogP contribution in [0.1, 0.15) is 35.0 Å². The molecule has 7 heteroatoms. The minimum absolute atomic E-state index is 0.0549. The number of ketones is 1. The van der Waals surface area contributed by atoms with E-state index < -0.39 is 0 Å². The number of benzene rings is 1. The lowest BCUT2D eigenvalue weighted by Crippen LogP contribution is -2.21. The van der Waals surface area contributed by atoms with Crippen LogP contribution in [0.5, 0.6) is 11.5 Å². The fourth-order valence-corrected chi connectivity index (χ4v) is 3.04. The van der Waals surface area contributed by atoms with Crippen LogP contribution >= 0.6 is 0 Å². The lowest BCUT2D eigenvalue weighted by Gasteiger charge is -2.19. The Morgan fingerprint density at radius 1 is 1.27 bits per heavy atom. The quantitative estimate of drug-likeness (QED) is 0.855. The summed E-state index contributed by atoms with van der Waals surface area (Å²) in [5, 5.41) is 2.63. The third kappa shape index (κ3) is 3.28. The highest BCUT2D eigenvalue weighted by Crippen LogP contribution is 2.32. The zero-order valence-corrected chi connectivity index (χ0v) is 14.2. The van der Waals surface area contributed by atoms with Crippen molar-refractivity contribution in [1.82, 2.24) is 9.97 Å². The van der Waals surface area contributed by atoms with Crippen molar-refractivity contribution in [2.45, 2.75) is 19.8 Å². The molecule has 0 unspecified atom stereocenters. The predicted octanol–water partition coefficient (Wildman–Crippen LogP) is 2.62. The van der Waals surface area contributed by atoms with Crippen LogP contribution in [0.4, 0.5) is 5.95 Å². The van der Waals surface area contributed by atoms with Crippen LogP contribution in [0.3, 0.4) is 0 Å². The number of aromatic nitrogens is 2. The van der Waals surface area contributed by atoms with Gasteiger partial charge in [-0.05, 0) is 36.1 Å². The van der Waals surface area contributed by atoms with E-state index in [-0.39, 0.29) is 30.3 Å². The summed E-state index contributed by atoms with van der Waals surface area (Å²) in [6, 6.07) is 5.43. The van der Waals surface area contributed by atoms with Crippen LogP contribution in [0.15, 0.2) is 30.5 Å². The highest BCUT2D eigenvalue weighted by molar-refractivity contribution is 6.01. The van der Waals surface area contributed by atoms with Gasteiger partial charge in [-0.2, -0.15) is 0 Å². The predicted molar refractivity (Wildman–Crippen MR) is 94.1 cm³/mol. The third-order valence-corrected chi connectivity index (χ3v) is 4.30. The molecule has 2 heterocycles. The van der Waals surface area contributed by atoms with Gasteiger partial charge in [-0.15, -0.1) is 0 Å². The second-order valence-electron chi connectivity index (χ2n) is 6.43. The van der Waals surface area contributed by atoms with Gasteiger partial charge < -0.3 is 9.47 Å². The zero-order valence-electron chi connectivity index (χ0n) is 14.2. The topological polar surface area (TPSA) is 90.4 Å². The van der Waals surface area contributed by atoms with Gasteiger partial charge in [0.05, 0.1) is 11.3 Å². The van der Waals surface area contributed by atoms with Gasteiger partial charge >= 0.3 is 0 Å². The molecular weight excluding hydrogens is 334 g/mol. The van der Waals surface area contributed by atoms with Crippen molar-refractivity contribution in [3.63, 3.8) is 0 Å². The Labute approximate surface area is 150 Å². The summed E-state index contributed by atoms with van der Waals surface area (Å²) < 4.78 is 10.6. The Hall–Kier alpha value is -3.22. The van der Waals surface area contributed by atoms with Crippen molar-refractivity contribution in [1.29, 1.82) is 0 Å². The molecule has 1 aromatic heterocycles. The monoisotopic (exact) mass is 351 g/mol. The second kappa shape index (κ2) is 6.59. The molecule has 1 aliphatic heterocycles. The number of anilines is 1. The number of nitrogens with one attached hydrogen (secondary N) is 1. The maximum absolute atomic E-state index is 12.1. The molecule has 1 amide bonds. The summed E-state index contributed by atoms with van der Waals surface area (Å²) in [5.74, 6) is 1.50. The Bertz CT molecular complexity index is 923.